The number of hydrogen-bond donors (Lipinski definition) is 3. The number of carbonyl (C=O) groups excluding carboxylic acids is 2. The van der Waals surface area contributed by atoms with Crippen molar-refractivity contribution in [1.29, 1.82) is 0 Å². The number of rotatable bonds is 8. The molecule has 0 bridgehead atoms. The van der Waals surface area contributed by atoms with E-state index in [4.69, 9.17) is 32.7 Å². The van der Waals surface area contributed by atoms with E-state index in [1.165, 1.54) is 0 Å². The maximum absolute atomic E-state index is 14.3. The zero-order chi connectivity index (χ0) is 33.9. The molecule has 0 aliphatic carbocycles. The maximum Gasteiger partial charge on any atom is 0.323 e. The number of carbonyl (C=O) groups is 2. The lowest BCUT2D eigenvalue weighted by Crippen LogP contribution is -2.47. The van der Waals surface area contributed by atoms with Crippen LogP contribution in [0.25, 0.3) is 0 Å². The molecule has 1 heterocycles. The number of nitrogens with one attached hydrogen (secondary N) is 2. The van der Waals surface area contributed by atoms with Gasteiger partial charge in [-0.1, -0.05) is 54.4 Å². The first kappa shape index (κ1) is 36.5. The van der Waals surface area contributed by atoms with Crippen LogP contribution in [0.5, 0.6) is 5.75 Å². The Hall–Kier alpha value is -3.34. The predicted molar refractivity (Wildman–Crippen MR) is 189 cm³/mol. The molecule has 4 atom stereocenters. The van der Waals surface area contributed by atoms with Crippen molar-refractivity contribution in [2.45, 2.75) is 64.8 Å². The van der Waals surface area contributed by atoms with E-state index in [-0.39, 0.29) is 30.6 Å². The smallest absolute Gasteiger partial charge is 0.323 e. The van der Waals surface area contributed by atoms with Crippen molar-refractivity contribution in [2.75, 3.05) is 44.0 Å². The SMILES string of the molecule is C[C@@H]1CN([C@H](C)CO)C(=O)c2cc(NC(=O)Nc3ccccc3)ccc2O[C@@H](C)CCCCO[C@@H]1CN(C)Cc1ccc(Cl)c(Cl)c1. The standard InChI is InChI=1S/C36H46Cl2N4O5/c1-24-20-42(25(2)23-43)35(44)30-19-29(40-36(45)39-28-11-6-5-7-12-28)14-16-33(30)47-26(3)10-8-9-17-46-34(24)22-41(4)21-27-13-15-31(37)32(38)18-27/h5-7,11-16,18-19,24-26,34,43H,8-10,17,20-23H2,1-4H3,(H2,39,40,45)/t24-,25-,26+,34-/m1/s1. The molecule has 0 radical (unpaired) electrons. The second-order valence-corrected chi connectivity index (χ2v) is 13.2. The molecular formula is C36H46Cl2N4O5. The van der Waals surface area contributed by atoms with Crippen LogP contribution in [0.4, 0.5) is 16.2 Å². The van der Waals surface area contributed by atoms with Crippen LogP contribution in [0.1, 0.15) is 56.0 Å². The fourth-order valence-electron chi connectivity index (χ4n) is 5.60. The third kappa shape index (κ3) is 10.8. The number of amides is 3. The van der Waals surface area contributed by atoms with Gasteiger partial charge >= 0.3 is 6.03 Å². The van der Waals surface area contributed by atoms with E-state index in [2.05, 4.69) is 22.5 Å². The van der Waals surface area contributed by atoms with E-state index in [0.29, 0.717) is 59.0 Å². The van der Waals surface area contributed by atoms with Gasteiger partial charge < -0.3 is 30.1 Å². The largest absolute Gasteiger partial charge is 0.490 e. The third-order valence-corrected chi connectivity index (χ3v) is 9.01. The number of likely N-dealkylation sites (N-methyl/N-ethyl adjacent to an activating group) is 1. The lowest BCUT2D eigenvalue weighted by Gasteiger charge is -2.36. The van der Waals surface area contributed by atoms with E-state index in [1.54, 1.807) is 41.3 Å². The number of nitrogens with zero attached hydrogens (tertiary/aromatic N) is 2. The van der Waals surface area contributed by atoms with Gasteiger partial charge in [0.15, 0.2) is 0 Å². The molecule has 0 fully saturated rings. The van der Waals surface area contributed by atoms with E-state index in [9.17, 15) is 14.7 Å². The summed E-state index contributed by atoms with van der Waals surface area (Å²) in [5.74, 6) is 0.0617. The minimum Gasteiger partial charge on any atom is -0.490 e. The zero-order valence-corrected chi connectivity index (χ0v) is 29.1. The lowest BCUT2D eigenvalue weighted by molar-refractivity contribution is -0.0177. The highest BCUT2D eigenvalue weighted by molar-refractivity contribution is 6.42. The van der Waals surface area contributed by atoms with Gasteiger partial charge in [0, 0.05) is 43.5 Å². The number of halogens is 2. The number of urea groups is 1. The average Bonchev–Trinajstić information content (AvgIpc) is 3.04. The van der Waals surface area contributed by atoms with Crippen LogP contribution in [0.3, 0.4) is 0 Å². The lowest BCUT2D eigenvalue weighted by atomic mass is 10.0. The van der Waals surface area contributed by atoms with Gasteiger partial charge in [0.1, 0.15) is 5.75 Å². The van der Waals surface area contributed by atoms with E-state index in [0.717, 1.165) is 24.8 Å². The molecule has 1 aliphatic heterocycles. The molecule has 3 amide bonds. The Labute approximate surface area is 288 Å². The summed E-state index contributed by atoms with van der Waals surface area (Å²) in [7, 11) is 2.03. The zero-order valence-electron chi connectivity index (χ0n) is 27.5. The van der Waals surface area contributed by atoms with Gasteiger partial charge in [-0.15, -0.1) is 0 Å². The molecule has 1 aliphatic rings. The number of benzene rings is 3. The van der Waals surface area contributed by atoms with Crippen molar-refractivity contribution >= 4 is 46.5 Å². The van der Waals surface area contributed by atoms with Crippen LogP contribution in [-0.4, -0.2) is 78.4 Å². The molecule has 9 nitrogen and oxygen atoms in total. The topological polar surface area (TPSA) is 103 Å². The molecular weight excluding hydrogens is 639 g/mol. The van der Waals surface area contributed by atoms with Crippen molar-refractivity contribution < 1.29 is 24.2 Å². The van der Waals surface area contributed by atoms with E-state index in [1.807, 2.05) is 51.2 Å². The summed E-state index contributed by atoms with van der Waals surface area (Å²) in [5.41, 5.74) is 2.44. The van der Waals surface area contributed by atoms with Crippen LogP contribution in [0.15, 0.2) is 66.7 Å². The van der Waals surface area contributed by atoms with Crippen LogP contribution in [-0.2, 0) is 11.3 Å². The minimum atomic E-state index is -0.476. The molecule has 254 valence electrons. The van der Waals surface area contributed by atoms with Gasteiger partial charge in [-0.25, -0.2) is 4.79 Å². The number of aliphatic hydroxyl groups is 1. The number of fused-ring (bicyclic) bond motifs is 1. The first-order valence-electron chi connectivity index (χ1n) is 16.1. The molecule has 0 saturated carbocycles. The van der Waals surface area contributed by atoms with Crippen LogP contribution >= 0.6 is 23.2 Å². The van der Waals surface area contributed by atoms with Gasteiger partial charge in [-0.2, -0.15) is 0 Å². The van der Waals surface area contributed by atoms with Crippen molar-refractivity contribution in [1.82, 2.24) is 9.80 Å². The van der Waals surface area contributed by atoms with Gasteiger partial charge in [0.25, 0.3) is 5.91 Å². The number of para-hydroxylation sites is 1. The van der Waals surface area contributed by atoms with Crippen LogP contribution in [0.2, 0.25) is 10.0 Å². The monoisotopic (exact) mass is 684 g/mol. The van der Waals surface area contributed by atoms with Gasteiger partial charge in [0.2, 0.25) is 0 Å². The summed E-state index contributed by atoms with van der Waals surface area (Å²) in [6.07, 6.45) is 2.22. The molecule has 4 rings (SSSR count). The first-order valence-corrected chi connectivity index (χ1v) is 16.9. The summed E-state index contributed by atoms with van der Waals surface area (Å²) >= 11 is 12.4. The summed E-state index contributed by atoms with van der Waals surface area (Å²) < 4.78 is 12.8. The highest BCUT2D eigenvalue weighted by Crippen LogP contribution is 2.29. The van der Waals surface area contributed by atoms with Crippen LogP contribution < -0.4 is 15.4 Å². The normalized spacial score (nSPS) is 20.1. The van der Waals surface area contributed by atoms with Crippen LogP contribution in [0, 0.1) is 5.92 Å². The number of hydrogen-bond acceptors (Lipinski definition) is 6. The Morgan fingerprint density at radius 2 is 1.77 bits per heavy atom. The Morgan fingerprint density at radius 3 is 2.49 bits per heavy atom. The quantitative estimate of drug-likeness (QED) is 0.226. The highest BCUT2D eigenvalue weighted by Gasteiger charge is 2.30. The van der Waals surface area contributed by atoms with Gasteiger partial charge in [0.05, 0.1) is 40.5 Å². The van der Waals surface area contributed by atoms with E-state index < -0.39 is 12.1 Å². The van der Waals surface area contributed by atoms with Gasteiger partial charge in [-0.3, -0.25) is 9.69 Å². The highest BCUT2D eigenvalue weighted by atomic mass is 35.5. The minimum absolute atomic E-state index is 0.0756. The van der Waals surface area contributed by atoms with Gasteiger partial charge in [-0.05, 0) is 88.2 Å². The maximum atomic E-state index is 14.3. The second kappa shape index (κ2) is 17.7. The Bertz CT molecular complexity index is 1480. The van der Waals surface area contributed by atoms with Crippen molar-refractivity contribution in [3.63, 3.8) is 0 Å². The fraction of sp³-hybridized carbons (Fsp3) is 0.444. The molecule has 3 aromatic carbocycles. The first-order chi connectivity index (χ1) is 22.5. The summed E-state index contributed by atoms with van der Waals surface area (Å²) in [6.45, 7) is 7.85. The number of anilines is 2. The average molecular weight is 686 g/mol. The number of ether oxygens (including phenoxy) is 2. The van der Waals surface area contributed by atoms with Crippen molar-refractivity contribution in [3.8, 4) is 5.75 Å². The summed E-state index contributed by atoms with van der Waals surface area (Å²) in [4.78, 5) is 31.0. The third-order valence-electron chi connectivity index (χ3n) is 8.27. The Balaban J connectivity index is 1.58. The molecule has 0 saturated heterocycles. The molecule has 3 N–H and O–H groups in total. The van der Waals surface area contributed by atoms with Crippen molar-refractivity contribution in [3.05, 3.63) is 87.9 Å². The molecule has 0 unspecified atom stereocenters. The molecule has 0 spiro atoms. The second-order valence-electron chi connectivity index (χ2n) is 12.4. The predicted octanol–water partition coefficient (Wildman–Crippen LogP) is 7.56. The molecule has 0 aromatic heterocycles. The Morgan fingerprint density at radius 1 is 1.02 bits per heavy atom. The number of aliphatic hydroxyl groups excluding tert-OH is 1. The van der Waals surface area contributed by atoms with Crippen molar-refractivity contribution in [2.24, 2.45) is 5.92 Å². The fourth-order valence-corrected chi connectivity index (χ4v) is 5.92. The molecule has 47 heavy (non-hydrogen) atoms. The van der Waals surface area contributed by atoms with E-state index >= 15 is 0 Å². The molecule has 3 aromatic rings. The Kier molecular flexibility index (Phi) is 13.8. The summed E-state index contributed by atoms with van der Waals surface area (Å²) in [6, 6.07) is 18.9. The molecule has 11 heteroatoms. The summed E-state index contributed by atoms with van der Waals surface area (Å²) in [5, 5.41) is 16.9.